The molecule has 0 spiro atoms. The van der Waals surface area contributed by atoms with Crippen LogP contribution in [0.3, 0.4) is 0 Å². The lowest BCUT2D eigenvalue weighted by Crippen LogP contribution is -2.17. The van der Waals surface area contributed by atoms with Crippen molar-refractivity contribution >= 4 is 22.2 Å². The Hall–Kier alpha value is -1.62. The number of hydrogen-bond donors (Lipinski definition) is 1. The maximum absolute atomic E-state index is 4.19. The molecule has 0 aliphatic heterocycles. The van der Waals surface area contributed by atoms with Crippen LogP contribution in [0, 0.1) is 6.92 Å². The van der Waals surface area contributed by atoms with Crippen molar-refractivity contribution in [2.45, 2.75) is 20.4 Å². The lowest BCUT2D eigenvalue weighted by Gasteiger charge is -2.19. The third-order valence-corrected chi connectivity index (χ3v) is 3.45. The Labute approximate surface area is 112 Å². The first kappa shape index (κ1) is 12.8. The van der Waals surface area contributed by atoms with Gasteiger partial charge in [-0.05, 0) is 31.5 Å². The molecule has 0 unspecified atom stereocenters. The van der Waals surface area contributed by atoms with Gasteiger partial charge in [0.15, 0.2) is 0 Å². The second-order valence-electron chi connectivity index (χ2n) is 4.27. The monoisotopic (exact) mass is 262 g/mol. The van der Waals surface area contributed by atoms with E-state index < -0.39 is 0 Å². The normalized spacial score (nSPS) is 10.4. The molecule has 0 saturated heterocycles. The summed E-state index contributed by atoms with van der Waals surface area (Å²) in [4.78, 5) is 2.19. The number of rotatable bonds is 5. The van der Waals surface area contributed by atoms with E-state index in [9.17, 15) is 0 Å². The lowest BCUT2D eigenvalue weighted by atomic mass is 10.2. The highest BCUT2D eigenvalue weighted by atomic mass is 32.1. The van der Waals surface area contributed by atoms with Gasteiger partial charge in [-0.25, -0.2) is 0 Å². The topological polar surface area (TPSA) is 41.1 Å². The Morgan fingerprint density at radius 1 is 1.39 bits per heavy atom. The Balaban J connectivity index is 2.11. The Morgan fingerprint density at radius 3 is 2.94 bits per heavy atom. The average molecular weight is 262 g/mol. The summed E-state index contributed by atoms with van der Waals surface area (Å²) < 4.78 is 4.01. The number of nitrogens with one attached hydrogen (secondary N) is 1. The third kappa shape index (κ3) is 2.98. The van der Waals surface area contributed by atoms with Gasteiger partial charge in [-0.2, -0.15) is 0 Å². The fraction of sp³-hybridized carbons (Fsp3) is 0.385. The van der Waals surface area contributed by atoms with Gasteiger partial charge in [0.25, 0.3) is 0 Å². The number of anilines is 2. The first-order valence-corrected chi connectivity index (χ1v) is 6.81. The molecule has 1 aromatic heterocycles. The van der Waals surface area contributed by atoms with Crippen LogP contribution in [0.2, 0.25) is 0 Å². The summed E-state index contributed by atoms with van der Waals surface area (Å²) in [5, 5.41) is 8.54. The summed E-state index contributed by atoms with van der Waals surface area (Å²) >= 11 is 1.42. The minimum absolute atomic E-state index is 0.766. The Morgan fingerprint density at radius 2 is 2.22 bits per heavy atom. The molecule has 96 valence electrons. The fourth-order valence-electron chi connectivity index (χ4n) is 1.79. The molecule has 2 rings (SSSR count). The first-order valence-electron chi connectivity index (χ1n) is 6.03. The lowest BCUT2D eigenvalue weighted by molar-refractivity contribution is 0.871. The van der Waals surface area contributed by atoms with Crippen LogP contribution in [0.5, 0.6) is 0 Å². The summed E-state index contributed by atoms with van der Waals surface area (Å²) in [6.07, 6.45) is 0. The predicted octanol–water partition coefficient (Wildman–Crippen LogP) is 2.91. The van der Waals surface area contributed by atoms with Crippen LogP contribution >= 0.6 is 11.5 Å². The quantitative estimate of drug-likeness (QED) is 0.899. The fourth-order valence-corrected chi connectivity index (χ4v) is 2.43. The molecule has 0 atom stereocenters. The van der Waals surface area contributed by atoms with Crippen LogP contribution in [0.25, 0.3) is 0 Å². The molecule has 1 aromatic carbocycles. The van der Waals surface area contributed by atoms with E-state index in [2.05, 4.69) is 65.0 Å². The number of nitrogens with zero attached hydrogens (tertiary/aromatic N) is 3. The smallest absolute Gasteiger partial charge is 0.135 e. The van der Waals surface area contributed by atoms with Crippen molar-refractivity contribution in [1.82, 2.24) is 9.59 Å². The molecule has 4 nitrogen and oxygen atoms in total. The van der Waals surface area contributed by atoms with E-state index in [0.717, 1.165) is 23.8 Å². The molecule has 1 heterocycles. The van der Waals surface area contributed by atoms with Crippen molar-refractivity contribution in [1.29, 1.82) is 0 Å². The molecule has 0 aliphatic carbocycles. The minimum atomic E-state index is 0.766. The molecule has 0 amide bonds. The number of aromatic nitrogens is 2. The highest BCUT2D eigenvalue weighted by Gasteiger charge is 2.10. The molecule has 0 saturated carbocycles. The van der Waals surface area contributed by atoms with Gasteiger partial charge in [-0.3, -0.25) is 0 Å². The molecule has 2 aromatic rings. The van der Waals surface area contributed by atoms with E-state index in [1.54, 1.807) is 0 Å². The molecule has 1 N–H and O–H groups in total. The zero-order valence-corrected chi connectivity index (χ0v) is 11.8. The number of benzene rings is 1. The molecule has 0 bridgehead atoms. The van der Waals surface area contributed by atoms with Crippen LogP contribution in [-0.4, -0.2) is 23.2 Å². The summed E-state index contributed by atoms with van der Waals surface area (Å²) in [5.41, 5.74) is 3.47. The first-order chi connectivity index (χ1) is 8.70. The van der Waals surface area contributed by atoms with E-state index in [0.29, 0.717) is 0 Å². The highest BCUT2D eigenvalue weighted by molar-refractivity contribution is 7.10. The van der Waals surface area contributed by atoms with Crippen molar-refractivity contribution in [2.24, 2.45) is 0 Å². The summed E-state index contributed by atoms with van der Waals surface area (Å²) in [6, 6.07) is 8.46. The van der Waals surface area contributed by atoms with Crippen LogP contribution in [0.1, 0.15) is 18.2 Å². The number of aryl methyl sites for hydroxylation is 1. The van der Waals surface area contributed by atoms with Crippen LogP contribution in [0.15, 0.2) is 24.3 Å². The molecule has 0 radical (unpaired) electrons. The SMILES string of the molecule is CCNc1snnc1CN(C)c1cccc(C)c1. The van der Waals surface area contributed by atoms with Gasteiger partial charge < -0.3 is 10.2 Å². The molecular formula is C13H18N4S. The second-order valence-corrected chi connectivity index (χ2v) is 5.03. The van der Waals surface area contributed by atoms with Gasteiger partial charge in [-0.1, -0.05) is 16.6 Å². The van der Waals surface area contributed by atoms with Gasteiger partial charge in [0.1, 0.15) is 10.7 Å². The zero-order chi connectivity index (χ0) is 13.0. The molecule has 0 fully saturated rings. The predicted molar refractivity (Wildman–Crippen MR) is 77.4 cm³/mol. The zero-order valence-electron chi connectivity index (χ0n) is 11.0. The van der Waals surface area contributed by atoms with Crippen molar-refractivity contribution in [3.05, 3.63) is 35.5 Å². The summed E-state index contributed by atoms with van der Waals surface area (Å²) in [7, 11) is 2.07. The van der Waals surface area contributed by atoms with Crippen molar-refractivity contribution in [3.63, 3.8) is 0 Å². The molecule has 18 heavy (non-hydrogen) atoms. The van der Waals surface area contributed by atoms with Gasteiger partial charge in [0.05, 0.1) is 6.54 Å². The van der Waals surface area contributed by atoms with Gasteiger partial charge in [0.2, 0.25) is 0 Å². The van der Waals surface area contributed by atoms with Crippen molar-refractivity contribution in [2.75, 3.05) is 23.8 Å². The second kappa shape index (κ2) is 5.82. The molecule has 5 heteroatoms. The van der Waals surface area contributed by atoms with Gasteiger partial charge >= 0.3 is 0 Å². The number of hydrogen-bond acceptors (Lipinski definition) is 5. The van der Waals surface area contributed by atoms with E-state index in [1.807, 2.05) is 0 Å². The van der Waals surface area contributed by atoms with E-state index in [1.165, 1.54) is 22.8 Å². The van der Waals surface area contributed by atoms with Crippen molar-refractivity contribution < 1.29 is 0 Å². The van der Waals surface area contributed by atoms with E-state index in [-0.39, 0.29) is 0 Å². The minimum Gasteiger partial charge on any atom is -0.374 e. The van der Waals surface area contributed by atoms with Gasteiger partial charge in [-0.15, -0.1) is 5.10 Å². The van der Waals surface area contributed by atoms with Crippen LogP contribution in [-0.2, 0) is 6.54 Å². The average Bonchev–Trinajstić information content (AvgIpc) is 2.77. The van der Waals surface area contributed by atoms with Crippen molar-refractivity contribution in [3.8, 4) is 0 Å². The third-order valence-electron chi connectivity index (χ3n) is 2.72. The summed E-state index contributed by atoms with van der Waals surface area (Å²) in [6.45, 7) is 5.84. The maximum Gasteiger partial charge on any atom is 0.135 e. The van der Waals surface area contributed by atoms with Gasteiger partial charge in [0, 0.05) is 30.8 Å². The molecular weight excluding hydrogens is 244 g/mol. The Kier molecular flexibility index (Phi) is 4.15. The highest BCUT2D eigenvalue weighted by Crippen LogP contribution is 2.22. The molecule has 0 aliphatic rings. The summed E-state index contributed by atoms with van der Waals surface area (Å²) in [5.74, 6) is 0. The van der Waals surface area contributed by atoms with Crippen LogP contribution < -0.4 is 10.2 Å². The van der Waals surface area contributed by atoms with Crippen LogP contribution in [0.4, 0.5) is 10.7 Å². The Bertz CT molecular complexity index is 509. The van der Waals surface area contributed by atoms with E-state index >= 15 is 0 Å². The maximum atomic E-state index is 4.19. The largest absolute Gasteiger partial charge is 0.374 e. The van der Waals surface area contributed by atoms with E-state index in [4.69, 9.17) is 0 Å². The standard InChI is InChI=1S/C13H18N4S/c1-4-14-13-12(15-16-18-13)9-17(3)11-7-5-6-10(2)8-11/h5-8,14H,4,9H2,1-3H3.